The Morgan fingerprint density at radius 3 is 2.06 bits per heavy atom. The molecule has 6 rings (SSSR count). The quantitative estimate of drug-likeness (QED) is 0.439. The molecule has 0 radical (unpaired) electrons. The molecule has 0 unspecified atom stereocenters. The summed E-state index contributed by atoms with van der Waals surface area (Å²) in [6, 6.07) is 25.4. The van der Waals surface area contributed by atoms with Crippen LogP contribution in [0.25, 0.3) is 16.8 Å². The molecule has 2 aliphatic rings. The molecule has 1 fully saturated rings. The summed E-state index contributed by atoms with van der Waals surface area (Å²) in [5.41, 5.74) is 7.80. The number of fused-ring (bicyclic) bond motifs is 3. The number of carbonyl (C=O) groups is 1. The van der Waals surface area contributed by atoms with E-state index in [4.69, 9.17) is 4.74 Å². The third-order valence-electron chi connectivity index (χ3n) is 7.32. The van der Waals surface area contributed by atoms with Crippen LogP contribution in [0.4, 0.5) is 0 Å². The van der Waals surface area contributed by atoms with Gasteiger partial charge >= 0.3 is 0 Å². The number of piperazine rings is 1. The molecule has 35 heavy (non-hydrogen) atoms. The lowest BCUT2D eigenvalue weighted by molar-refractivity contribution is 0.0599. The first-order valence-electron chi connectivity index (χ1n) is 12.1. The van der Waals surface area contributed by atoms with Crippen molar-refractivity contribution in [2.24, 2.45) is 0 Å². The number of rotatable bonds is 4. The highest BCUT2D eigenvalue weighted by Crippen LogP contribution is 2.46. The highest BCUT2D eigenvalue weighted by molar-refractivity contribution is 5.95. The Morgan fingerprint density at radius 2 is 1.46 bits per heavy atom. The van der Waals surface area contributed by atoms with Crippen LogP contribution in [-0.4, -0.2) is 58.8 Å². The summed E-state index contributed by atoms with van der Waals surface area (Å²) in [6.07, 6.45) is 1.69. The number of aromatic nitrogens is 2. The van der Waals surface area contributed by atoms with Crippen LogP contribution in [0.15, 0.2) is 79.0 Å². The molecule has 1 saturated heterocycles. The summed E-state index contributed by atoms with van der Waals surface area (Å²) >= 11 is 0. The van der Waals surface area contributed by atoms with Crippen LogP contribution in [-0.2, 0) is 0 Å². The second-order valence-electron chi connectivity index (χ2n) is 9.16. The average Bonchev–Trinajstić information content (AvgIpc) is 3.46. The molecular formula is C29H28N4O2. The Hall–Kier alpha value is -3.90. The molecule has 4 aromatic rings. The molecule has 6 nitrogen and oxygen atoms in total. The molecular weight excluding hydrogens is 436 g/mol. The fourth-order valence-corrected chi connectivity index (χ4v) is 5.48. The summed E-state index contributed by atoms with van der Waals surface area (Å²) in [5.74, 6) is 0.842. The Labute approximate surface area is 205 Å². The maximum atomic E-state index is 13.4. The van der Waals surface area contributed by atoms with Crippen molar-refractivity contribution in [3.8, 4) is 22.6 Å². The first kappa shape index (κ1) is 21.6. The number of carbonyl (C=O) groups excluding carboxylic acids is 1. The summed E-state index contributed by atoms with van der Waals surface area (Å²) < 4.78 is 7.06. The minimum atomic E-state index is 0.0501. The number of benzene rings is 3. The maximum Gasteiger partial charge on any atom is 0.257 e. The van der Waals surface area contributed by atoms with E-state index >= 15 is 0 Å². The number of nitrogens with zero attached hydrogens (tertiary/aromatic N) is 4. The van der Waals surface area contributed by atoms with E-state index in [0.29, 0.717) is 18.7 Å². The van der Waals surface area contributed by atoms with Gasteiger partial charge in [0.2, 0.25) is 0 Å². The second kappa shape index (κ2) is 8.71. The molecule has 1 aromatic heterocycles. The van der Waals surface area contributed by atoms with Gasteiger partial charge in [0.25, 0.3) is 5.91 Å². The van der Waals surface area contributed by atoms with Gasteiger partial charge in [-0.05, 0) is 53.4 Å². The van der Waals surface area contributed by atoms with E-state index in [-0.39, 0.29) is 11.9 Å². The van der Waals surface area contributed by atoms with Gasteiger partial charge in [-0.2, -0.15) is 5.10 Å². The SMILES string of the molecule is COc1ccc(-n2ncc(C(=O)N3CCN(C4c5ccccc5-c5ccccc54)CC3)c2C)cc1. The van der Waals surface area contributed by atoms with E-state index in [9.17, 15) is 4.79 Å². The van der Waals surface area contributed by atoms with Crippen molar-refractivity contribution in [3.05, 3.63) is 101 Å². The van der Waals surface area contributed by atoms with Crippen molar-refractivity contribution >= 4 is 5.91 Å². The molecule has 6 heteroatoms. The van der Waals surface area contributed by atoms with Crippen LogP contribution in [0.2, 0.25) is 0 Å². The number of hydrogen-bond acceptors (Lipinski definition) is 4. The lowest BCUT2D eigenvalue weighted by atomic mass is 10.0. The smallest absolute Gasteiger partial charge is 0.257 e. The Balaban J connectivity index is 1.19. The van der Waals surface area contributed by atoms with Gasteiger partial charge in [0.05, 0.1) is 36.3 Å². The molecule has 0 spiro atoms. The standard InChI is InChI=1S/C29H28N4O2/c1-20-27(19-30-33(20)21-11-13-22(35-2)14-12-21)29(34)32-17-15-31(16-18-32)28-25-9-5-3-7-23(25)24-8-4-6-10-26(24)28/h3-14,19,28H,15-18H2,1-2H3. The largest absolute Gasteiger partial charge is 0.497 e. The summed E-state index contributed by atoms with van der Waals surface area (Å²) in [4.78, 5) is 17.9. The van der Waals surface area contributed by atoms with Gasteiger partial charge in [0.1, 0.15) is 5.75 Å². The lowest BCUT2D eigenvalue weighted by Gasteiger charge is -2.38. The minimum absolute atomic E-state index is 0.0501. The molecule has 1 amide bonds. The summed E-state index contributed by atoms with van der Waals surface area (Å²) in [5, 5.41) is 4.50. The van der Waals surface area contributed by atoms with Crippen molar-refractivity contribution in [1.82, 2.24) is 19.6 Å². The zero-order chi connectivity index (χ0) is 23.9. The van der Waals surface area contributed by atoms with Gasteiger partial charge in [-0.1, -0.05) is 48.5 Å². The Morgan fingerprint density at radius 1 is 0.857 bits per heavy atom. The highest BCUT2D eigenvalue weighted by Gasteiger charge is 2.35. The Bertz CT molecular complexity index is 1340. The lowest BCUT2D eigenvalue weighted by Crippen LogP contribution is -2.49. The van der Waals surface area contributed by atoms with E-state index in [0.717, 1.165) is 30.2 Å². The van der Waals surface area contributed by atoms with Crippen LogP contribution in [0.5, 0.6) is 5.75 Å². The van der Waals surface area contributed by atoms with Crippen molar-refractivity contribution < 1.29 is 9.53 Å². The third-order valence-corrected chi connectivity index (χ3v) is 7.32. The van der Waals surface area contributed by atoms with Crippen LogP contribution >= 0.6 is 0 Å². The number of methoxy groups -OCH3 is 1. The molecule has 0 bridgehead atoms. The van der Waals surface area contributed by atoms with Crippen LogP contribution in [0.1, 0.15) is 33.2 Å². The van der Waals surface area contributed by atoms with Crippen molar-refractivity contribution in [3.63, 3.8) is 0 Å². The average molecular weight is 465 g/mol. The van der Waals surface area contributed by atoms with E-state index in [1.165, 1.54) is 22.3 Å². The predicted octanol–water partition coefficient (Wildman–Crippen LogP) is 4.72. The number of ether oxygens (including phenoxy) is 1. The van der Waals surface area contributed by atoms with Crippen molar-refractivity contribution in [1.29, 1.82) is 0 Å². The highest BCUT2D eigenvalue weighted by atomic mass is 16.5. The van der Waals surface area contributed by atoms with Gasteiger partial charge in [-0.3, -0.25) is 9.69 Å². The van der Waals surface area contributed by atoms with Gasteiger partial charge < -0.3 is 9.64 Å². The van der Waals surface area contributed by atoms with E-state index in [1.54, 1.807) is 13.3 Å². The maximum absolute atomic E-state index is 13.4. The number of hydrogen-bond donors (Lipinski definition) is 0. The van der Waals surface area contributed by atoms with Crippen LogP contribution in [0, 0.1) is 6.92 Å². The second-order valence-corrected chi connectivity index (χ2v) is 9.16. The predicted molar refractivity (Wildman–Crippen MR) is 136 cm³/mol. The van der Waals surface area contributed by atoms with Crippen LogP contribution < -0.4 is 4.74 Å². The number of amides is 1. The van der Waals surface area contributed by atoms with Crippen molar-refractivity contribution in [2.75, 3.05) is 33.3 Å². The van der Waals surface area contributed by atoms with E-state index < -0.39 is 0 Å². The zero-order valence-electron chi connectivity index (χ0n) is 20.0. The van der Waals surface area contributed by atoms with Crippen LogP contribution in [0.3, 0.4) is 0 Å². The van der Waals surface area contributed by atoms with Gasteiger partial charge in [0.15, 0.2) is 0 Å². The van der Waals surface area contributed by atoms with E-state index in [2.05, 4.69) is 58.5 Å². The van der Waals surface area contributed by atoms with E-state index in [1.807, 2.05) is 40.8 Å². The molecule has 1 aliphatic carbocycles. The van der Waals surface area contributed by atoms with Gasteiger partial charge in [-0.15, -0.1) is 0 Å². The molecule has 2 heterocycles. The molecule has 0 atom stereocenters. The third kappa shape index (κ3) is 3.61. The molecule has 0 N–H and O–H groups in total. The fourth-order valence-electron chi connectivity index (χ4n) is 5.48. The topological polar surface area (TPSA) is 50.6 Å². The zero-order valence-corrected chi connectivity index (χ0v) is 20.0. The summed E-state index contributed by atoms with van der Waals surface area (Å²) in [7, 11) is 1.65. The molecule has 3 aromatic carbocycles. The fraction of sp³-hybridized carbons (Fsp3) is 0.241. The van der Waals surface area contributed by atoms with Gasteiger partial charge in [-0.25, -0.2) is 4.68 Å². The monoisotopic (exact) mass is 464 g/mol. The van der Waals surface area contributed by atoms with Crippen molar-refractivity contribution in [2.45, 2.75) is 13.0 Å². The Kier molecular flexibility index (Phi) is 5.38. The first-order valence-corrected chi connectivity index (χ1v) is 12.1. The normalized spacial score (nSPS) is 15.7. The van der Waals surface area contributed by atoms with Gasteiger partial charge in [0, 0.05) is 26.2 Å². The molecule has 1 aliphatic heterocycles. The molecule has 176 valence electrons. The minimum Gasteiger partial charge on any atom is -0.497 e. The molecule has 0 saturated carbocycles. The first-order chi connectivity index (χ1) is 17.2. The summed E-state index contributed by atoms with van der Waals surface area (Å²) in [6.45, 7) is 5.03.